The Hall–Kier alpha value is -1.06. The maximum absolute atomic E-state index is 12.9. The van der Waals surface area contributed by atoms with E-state index in [9.17, 15) is 4.79 Å². The second-order valence-electron chi connectivity index (χ2n) is 6.70. The Morgan fingerprint density at radius 3 is 2.95 bits per heavy atom. The normalized spacial score (nSPS) is 28.8. The van der Waals surface area contributed by atoms with Crippen molar-refractivity contribution in [3.05, 3.63) is 34.9 Å². The fourth-order valence-electron chi connectivity index (χ4n) is 3.85. The summed E-state index contributed by atoms with van der Waals surface area (Å²) in [4.78, 5) is 15.0. The maximum atomic E-state index is 12.9. The number of halogens is 1. The van der Waals surface area contributed by atoms with Gasteiger partial charge in [-0.15, -0.1) is 0 Å². The first kappa shape index (κ1) is 15.8. The van der Waals surface area contributed by atoms with Crippen LogP contribution in [0.4, 0.5) is 0 Å². The van der Waals surface area contributed by atoms with E-state index in [1.54, 1.807) is 0 Å². The standard InChI is InChI=1S/C18H25ClN2O/c1-13-11-15(8-9-20-13)18(22)21-10-4-6-16(21)12-14-5-2-3-7-17(14)19/h2-3,5,7,13,15-16,20H,4,6,8-12H2,1H3/t13-,15-,16?/m0/s1. The second-order valence-corrected chi connectivity index (χ2v) is 7.11. The smallest absolute Gasteiger partial charge is 0.226 e. The van der Waals surface area contributed by atoms with Gasteiger partial charge in [-0.2, -0.15) is 0 Å². The molecule has 0 spiro atoms. The number of rotatable bonds is 3. The van der Waals surface area contributed by atoms with Crippen molar-refractivity contribution in [2.45, 2.75) is 51.1 Å². The van der Waals surface area contributed by atoms with Gasteiger partial charge in [0.05, 0.1) is 0 Å². The van der Waals surface area contributed by atoms with Gasteiger partial charge >= 0.3 is 0 Å². The van der Waals surface area contributed by atoms with Crippen LogP contribution < -0.4 is 5.32 Å². The Morgan fingerprint density at radius 1 is 1.36 bits per heavy atom. The van der Waals surface area contributed by atoms with Crippen molar-refractivity contribution in [1.29, 1.82) is 0 Å². The van der Waals surface area contributed by atoms with Crippen LogP contribution in [0.2, 0.25) is 5.02 Å². The number of benzene rings is 1. The number of likely N-dealkylation sites (tertiary alicyclic amines) is 1. The molecule has 0 aromatic heterocycles. The summed E-state index contributed by atoms with van der Waals surface area (Å²) in [6, 6.07) is 8.77. The highest BCUT2D eigenvalue weighted by molar-refractivity contribution is 6.31. The maximum Gasteiger partial charge on any atom is 0.226 e. The zero-order valence-corrected chi connectivity index (χ0v) is 14.0. The number of nitrogens with one attached hydrogen (secondary N) is 1. The molecule has 3 rings (SSSR count). The third kappa shape index (κ3) is 3.47. The van der Waals surface area contributed by atoms with E-state index in [-0.39, 0.29) is 5.92 Å². The summed E-state index contributed by atoms with van der Waals surface area (Å²) >= 11 is 6.29. The summed E-state index contributed by atoms with van der Waals surface area (Å²) in [5, 5.41) is 4.24. The molecule has 0 saturated carbocycles. The van der Waals surface area contributed by atoms with Gasteiger partial charge in [0, 0.05) is 29.6 Å². The van der Waals surface area contributed by atoms with E-state index >= 15 is 0 Å². The number of hydrogen-bond donors (Lipinski definition) is 1. The summed E-state index contributed by atoms with van der Waals surface area (Å²) in [6.45, 7) is 4.04. The van der Waals surface area contributed by atoms with Gasteiger partial charge in [-0.3, -0.25) is 4.79 Å². The SMILES string of the molecule is C[C@H]1C[C@@H](C(=O)N2CCCC2Cc2ccccc2Cl)CCN1. The van der Waals surface area contributed by atoms with Gasteiger partial charge in [-0.25, -0.2) is 0 Å². The predicted octanol–water partition coefficient (Wildman–Crippen LogP) is 3.26. The molecule has 1 unspecified atom stereocenters. The van der Waals surface area contributed by atoms with E-state index in [1.165, 1.54) is 0 Å². The molecule has 4 heteroatoms. The summed E-state index contributed by atoms with van der Waals surface area (Å²) < 4.78 is 0. The van der Waals surface area contributed by atoms with Gasteiger partial charge in [0.25, 0.3) is 0 Å². The summed E-state index contributed by atoms with van der Waals surface area (Å²) in [7, 11) is 0. The first-order valence-corrected chi connectivity index (χ1v) is 8.80. The number of piperidine rings is 1. The van der Waals surface area contributed by atoms with Crippen LogP contribution in [0.5, 0.6) is 0 Å². The molecule has 1 aromatic carbocycles. The third-order valence-corrected chi connectivity index (χ3v) is 5.42. The summed E-state index contributed by atoms with van der Waals surface area (Å²) in [5.74, 6) is 0.561. The molecule has 3 atom stereocenters. The summed E-state index contributed by atoms with van der Waals surface area (Å²) in [6.07, 6.45) is 5.03. The molecule has 2 fully saturated rings. The molecule has 0 aliphatic carbocycles. The third-order valence-electron chi connectivity index (χ3n) is 5.05. The van der Waals surface area contributed by atoms with E-state index in [0.29, 0.717) is 18.0 Å². The molecular formula is C18H25ClN2O. The lowest BCUT2D eigenvalue weighted by Crippen LogP contribution is -2.46. The number of hydrogen-bond acceptors (Lipinski definition) is 2. The van der Waals surface area contributed by atoms with Crippen LogP contribution in [-0.2, 0) is 11.2 Å². The Kier molecular flexibility index (Phi) is 5.04. The van der Waals surface area contributed by atoms with Gasteiger partial charge in [-0.05, 0) is 57.2 Å². The Balaban J connectivity index is 1.67. The molecule has 1 amide bonds. The number of nitrogens with zero attached hydrogens (tertiary/aromatic N) is 1. The van der Waals surface area contributed by atoms with Crippen LogP contribution >= 0.6 is 11.6 Å². The van der Waals surface area contributed by atoms with Crippen LogP contribution in [0.15, 0.2) is 24.3 Å². The van der Waals surface area contributed by atoms with Crippen molar-refractivity contribution in [1.82, 2.24) is 10.2 Å². The van der Waals surface area contributed by atoms with Gasteiger partial charge in [-0.1, -0.05) is 29.8 Å². The van der Waals surface area contributed by atoms with E-state index < -0.39 is 0 Å². The molecule has 2 saturated heterocycles. The Morgan fingerprint density at radius 2 is 2.18 bits per heavy atom. The van der Waals surface area contributed by atoms with Crippen LogP contribution in [-0.4, -0.2) is 36.0 Å². The van der Waals surface area contributed by atoms with Gasteiger partial charge in [0.15, 0.2) is 0 Å². The lowest BCUT2D eigenvalue weighted by atomic mass is 9.91. The van der Waals surface area contributed by atoms with Crippen LogP contribution in [0.1, 0.15) is 38.2 Å². The summed E-state index contributed by atoms with van der Waals surface area (Å²) in [5.41, 5.74) is 1.16. The number of amides is 1. The molecule has 2 aliphatic rings. The molecular weight excluding hydrogens is 296 g/mol. The van der Waals surface area contributed by atoms with E-state index in [1.807, 2.05) is 18.2 Å². The highest BCUT2D eigenvalue weighted by Crippen LogP contribution is 2.28. The monoisotopic (exact) mass is 320 g/mol. The highest BCUT2D eigenvalue weighted by Gasteiger charge is 2.34. The zero-order valence-electron chi connectivity index (χ0n) is 13.2. The molecule has 22 heavy (non-hydrogen) atoms. The zero-order chi connectivity index (χ0) is 15.5. The van der Waals surface area contributed by atoms with Crippen molar-refractivity contribution in [3.63, 3.8) is 0 Å². The molecule has 1 aromatic rings. The quantitative estimate of drug-likeness (QED) is 0.927. The molecule has 0 radical (unpaired) electrons. The first-order valence-electron chi connectivity index (χ1n) is 8.42. The largest absolute Gasteiger partial charge is 0.339 e. The van der Waals surface area contributed by atoms with Crippen molar-refractivity contribution in [2.24, 2.45) is 5.92 Å². The Labute approximate surface area is 138 Å². The molecule has 120 valence electrons. The lowest BCUT2D eigenvalue weighted by Gasteiger charge is -2.33. The van der Waals surface area contributed by atoms with Gasteiger partial charge in [0.2, 0.25) is 5.91 Å². The van der Waals surface area contributed by atoms with E-state index in [2.05, 4.69) is 23.2 Å². The average molecular weight is 321 g/mol. The molecule has 3 nitrogen and oxygen atoms in total. The van der Waals surface area contributed by atoms with Crippen LogP contribution in [0.3, 0.4) is 0 Å². The number of carbonyl (C=O) groups excluding carboxylic acids is 1. The predicted molar refractivity (Wildman–Crippen MR) is 90.1 cm³/mol. The van der Waals surface area contributed by atoms with Crippen molar-refractivity contribution < 1.29 is 4.79 Å². The van der Waals surface area contributed by atoms with Crippen molar-refractivity contribution in [3.8, 4) is 0 Å². The average Bonchev–Trinajstić information content (AvgIpc) is 2.97. The minimum atomic E-state index is 0.197. The molecule has 2 aliphatic heterocycles. The first-order chi connectivity index (χ1) is 10.6. The van der Waals surface area contributed by atoms with Crippen molar-refractivity contribution in [2.75, 3.05) is 13.1 Å². The second kappa shape index (κ2) is 7.01. The van der Waals surface area contributed by atoms with Crippen LogP contribution in [0, 0.1) is 5.92 Å². The van der Waals surface area contributed by atoms with Crippen molar-refractivity contribution >= 4 is 17.5 Å². The number of carbonyl (C=O) groups is 1. The minimum Gasteiger partial charge on any atom is -0.339 e. The lowest BCUT2D eigenvalue weighted by molar-refractivity contribution is -0.137. The molecule has 2 heterocycles. The molecule has 1 N–H and O–H groups in total. The van der Waals surface area contributed by atoms with Crippen LogP contribution in [0.25, 0.3) is 0 Å². The van der Waals surface area contributed by atoms with Gasteiger partial charge in [0.1, 0.15) is 0 Å². The topological polar surface area (TPSA) is 32.3 Å². The molecule has 0 bridgehead atoms. The van der Waals surface area contributed by atoms with E-state index in [0.717, 1.165) is 55.8 Å². The fraction of sp³-hybridized carbons (Fsp3) is 0.611. The Bertz CT molecular complexity index is 534. The fourth-order valence-corrected chi connectivity index (χ4v) is 4.06. The van der Waals surface area contributed by atoms with E-state index in [4.69, 9.17) is 11.6 Å². The van der Waals surface area contributed by atoms with Gasteiger partial charge < -0.3 is 10.2 Å². The highest BCUT2D eigenvalue weighted by atomic mass is 35.5. The minimum absolute atomic E-state index is 0.197.